The maximum Gasteiger partial charge on any atom is 0.316 e. The molecule has 3 aromatic rings. The number of nitrogens with one attached hydrogen (secondary N) is 2. The Morgan fingerprint density at radius 1 is 1.04 bits per heavy atom. The van der Waals surface area contributed by atoms with Gasteiger partial charge < -0.3 is 15.2 Å². The second-order valence-electron chi connectivity index (χ2n) is 5.18. The van der Waals surface area contributed by atoms with E-state index in [4.69, 9.17) is 16.1 Å². The molecule has 3 rings (SSSR count). The van der Waals surface area contributed by atoms with Crippen LogP contribution in [0.5, 0.6) is 0 Å². The monoisotopic (exact) mass is 371 g/mol. The van der Waals surface area contributed by atoms with Gasteiger partial charge in [0.05, 0.1) is 5.56 Å². The number of nitrogens with zero attached hydrogens (tertiary/aromatic N) is 3. The third kappa shape index (κ3) is 4.42. The molecular weight excluding hydrogens is 358 g/mol. The average molecular weight is 372 g/mol. The second-order valence-corrected chi connectivity index (χ2v) is 5.62. The van der Waals surface area contributed by atoms with E-state index in [0.717, 1.165) is 0 Å². The summed E-state index contributed by atoms with van der Waals surface area (Å²) in [6.45, 7) is 0.459. The summed E-state index contributed by atoms with van der Waals surface area (Å²) >= 11 is 5.83. The maximum absolute atomic E-state index is 12.0. The van der Waals surface area contributed by atoms with Gasteiger partial charge in [0.25, 0.3) is 5.91 Å². The van der Waals surface area contributed by atoms with Gasteiger partial charge >= 0.3 is 11.8 Å². The van der Waals surface area contributed by atoms with E-state index in [1.165, 1.54) is 6.20 Å². The molecular formula is C17H14ClN5O3. The number of pyridine rings is 1. The van der Waals surface area contributed by atoms with Gasteiger partial charge in [-0.2, -0.15) is 4.98 Å². The molecule has 9 heteroatoms. The number of hydrogen-bond acceptors (Lipinski definition) is 6. The Labute approximate surface area is 153 Å². The lowest BCUT2D eigenvalue weighted by atomic mass is 10.2. The molecule has 0 aliphatic heterocycles. The molecule has 0 fully saturated rings. The van der Waals surface area contributed by atoms with E-state index in [9.17, 15) is 9.59 Å². The molecule has 2 amide bonds. The molecule has 8 nitrogen and oxygen atoms in total. The first-order valence-corrected chi connectivity index (χ1v) is 8.07. The van der Waals surface area contributed by atoms with Crippen LogP contribution < -0.4 is 10.6 Å². The predicted octanol–water partition coefficient (Wildman–Crippen LogP) is 1.94. The van der Waals surface area contributed by atoms with Crippen molar-refractivity contribution < 1.29 is 14.1 Å². The molecule has 2 N–H and O–H groups in total. The van der Waals surface area contributed by atoms with Crippen molar-refractivity contribution >= 4 is 23.4 Å². The predicted molar refractivity (Wildman–Crippen MR) is 93.6 cm³/mol. The zero-order valence-electron chi connectivity index (χ0n) is 13.5. The van der Waals surface area contributed by atoms with Gasteiger partial charge in [-0.05, 0) is 36.4 Å². The van der Waals surface area contributed by atoms with Gasteiger partial charge in [0, 0.05) is 36.1 Å². The number of aromatic nitrogens is 3. The topological polar surface area (TPSA) is 110 Å². The molecule has 0 radical (unpaired) electrons. The van der Waals surface area contributed by atoms with Crippen LogP contribution in [0.15, 0.2) is 53.3 Å². The molecule has 0 aliphatic carbocycles. The first-order chi connectivity index (χ1) is 12.6. The SMILES string of the molecule is O=C(NCCNC(=O)c1nc(-c2ccc(Cl)cc2)no1)c1cccnc1. The molecule has 0 aliphatic rings. The highest BCUT2D eigenvalue weighted by Crippen LogP contribution is 2.18. The van der Waals surface area contributed by atoms with Crippen LogP contribution in [0.1, 0.15) is 21.0 Å². The number of amides is 2. The zero-order valence-corrected chi connectivity index (χ0v) is 14.2. The lowest BCUT2D eigenvalue weighted by molar-refractivity contribution is 0.0898. The third-order valence-corrected chi connectivity index (χ3v) is 3.59. The fourth-order valence-electron chi connectivity index (χ4n) is 2.06. The van der Waals surface area contributed by atoms with Crippen LogP contribution >= 0.6 is 11.6 Å². The minimum Gasteiger partial charge on any atom is -0.350 e. The Bertz CT molecular complexity index is 896. The van der Waals surface area contributed by atoms with Crippen LogP contribution in [0, 0.1) is 0 Å². The molecule has 0 bridgehead atoms. The summed E-state index contributed by atoms with van der Waals surface area (Å²) in [5.41, 5.74) is 1.13. The van der Waals surface area contributed by atoms with E-state index in [1.807, 2.05) is 0 Å². The van der Waals surface area contributed by atoms with Crippen LogP contribution in [0.3, 0.4) is 0 Å². The second kappa shape index (κ2) is 8.21. The van der Waals surface area contributed by atoms with E-state index in [2.05, 4.69) is 25.8 Å². The molecule has 0 atom stereocenters. The average Bonchev–Trinajstić information content (AvgIpc) is 3.16. The molecule has 0 saturated carbocycles. The highest BCUT2D eigenvalue weighted by Gasteiger charge is 2.15. The third-order valence-electron chi connectivity index (χ3n) is 3.34. The summed E-state index contributed by atoms with van der Waals surface area (Å²) in [6, 6.07) is 10.2. The highest BCUT2D eigenvalue weighted by atomic mass is 35.5. The Hall–Kier alpha value is -3.26. The van der Waals surface area contributed by atoms with Crippen LogP contribution in [0.4, 0.5) is 0 Å². The van der Waals surface area contributed by atoms with Crippen LogP contribution in [0.25, 0.3) is 11.4 Å². The smallest absolute Gasteiger partial charge is 0.316 e. The van der Waals surface area contributed by atoms with Crippen LogP contribution in [-0.4, -0.2) is 40.0 Å². The van der Waals surface area contributed by atoms with Gasteiger partial charge in [-0.15, -0.1) is 0 Å². The van der Waals surface area contributed by atoms with E-state index >= 15 is 0 Å². The number of halogens is 1. The number of rotatable bonds is 6. The van der Waals surface area contributed by atoms with E-state index in [0.29, 0.717) is 16.1 Å². The van der Waals surface area contributed by atoms with Gasteiger partial charge in [-0.1, -0.05) is 16.8 Å². The largest absolute Gasteiger partial charge is 0.350 e. The maximum atomic E-state index is 12.0. The zero-order chi connectivity index (χ0) is 18.4. The van der Waals surface area contributed by atoms with Gasteiger partial charge in [-0.25, -0.2) is 0 Å². The number of hydrogen-bond donors (Lipinski definition) is 2. The summed E-state index contributed by atoms with van der Waals surface area (Å²) in [4.78, 5) is 31.7. The molecule has 1 aromatic carbocycles. The number of carbonyl (C=O) groups excluding carboxylic acids is 2. The minimum absolute atomic E-state index is 0.159. The summed E-state index contributed by atoms with van der Waals surface area (Å²) < 4.78 is 4.96. The van der Waals surface area contributed by atoms with Gasteiger partial charge in [-0.3, -0.25) is 14.6 Å². The van der Waals surface area contributed by atoms with Crippen molar-refractivity contribution in [3.8, 4) is 11.4 Å². The number of benzene rings is 1. The molecule has 2 heterocycles. The summed E-state index contributed by atoms with van der Waals surface area (Å²) in [5, 5.41) is 9.62. The molecule has 0 saturated heterocycles. The summed E-state index contributed by atoms with van der Waals surface area (Å²) in [7, 11) is 0. The van der Waals surface area contributed by atoms with Crippen molar-refractivity contribution in [1.82, 2.24) is 25.8 Å². The van der Waals surface area contributed by atoms with Crippen molar-refractivity contribution in [1.29, 1.82) is 0 Å². The van der Waals surface area contributed by atoms with Crippen molar-refractivity contribution in [2.45, 2.75) is 0 Å². The molecule has 2 aromatic heterocycles. The standard InChI is InChI=1S/C17H14ClN5O3/c18-13-5-3-11(4-6-13)14-22-17(26-23-14)16(25)21-9-8-20-15(24)12-2-1-7-19-10-12/h1-7,10H,8-9H2,(H,20,24)(H,21,25). The van der Waals surface area contributed by atoms with Gasteiger partial charge in [0.1, 0.15) is 0 Å². The first-order valence-electron chi connectivity index (χ1n) is 7.69. The van der Waals surface area contributed by atoms with Crippen LogP contribution in [0.2, 0.25) is 5.02 Å². The van der Waals surface area contributed by atoms with Crippen molar-refractivity contribution in [2.75, 3.05) is 13.1 Å². The highest BCUT2D eigenvalue weighted by molar-refractivity contribution is 6.30. The molecule has 26 heavy (non-hydrogen) atoms. The Kier molecular flexibility index (Phi) is 5.55. The Balaban J connectivity index is 1.48. The fourth-order valence-corrected chi connectivity index (χ4v) is 2.18. The Morgan fingerprint density at radius 2 is 1.77 bits per heavy atom. The quantitative estimate of drug-likeness (QED) is 0.641. The van der Waals surface area contributed by atoms with E-state index in [1.54, 1.807) is 42.6 Å². The van der Waals surface area contributed by atoms with E-state index in [-0.39, 0.29) is 30.7 Å². The molecule has 132 valence electrons. The van der Waals surface area contributed by atoms with Gasteiger partial charge in [0.15, 0.2) is 0 Å². The first kappa shape index (κ1) is 17.6. The van der Waals surface area contributed by atoms with E-state index < -0.39 is 5.91 Å². The van der Waals surface area contributed by atoms with Crippen molar-refractivity contribution in [3.63, 3.8) is 0 Å². The normalized spacial score (nSPS) is 10.3. The lowest BCUT2D eigenvalue weighted by Crippen LogP contribution is -2.34. The Morgan fingerprint density at radius 3 is 2.46 bits per heavy atom. The number of carbonyl (C=O) groups is 2. The van der Waals surface area contributed by atoms with Crippen molar-refractivity contribution in [3.05, 3.63) is 65.3 Å². The van der Waals surface area contributed by atoms with Crippen LogP contribution in [-0.2, 0) is 0 Å². The molecule has 0 unspecified atom stereocenters. The molecule has 0 spiro atoms. The lowest BCUT2D eigenvalue weighted by Gasteiger charge is -2.05. The summed E-state index contributed by atoms with van der Waals surface area (Å²) in [5.74, 6) is -0.659. The van der Waals surface area contributed by atoms with Crippen molar-refractivity contribution in [2.24, 2.45) is 0 Å². The van der Waals surface area contributed by atoms with Gasteiger partial charge in [0.2, 0.25) is 5.82 Å². The fraction of sp³-hybridized carbons (Fsp3) is 0.118. The summed E-state index contributed by atoms with van der Waals surface area (Å²) in [6.07, 6.45) is 3.05. The minimum atomic E-state index is -0.520.